The molecule has 0 aliphatic heterocycles. The van der Waals surface area contributed by atoms with Gasteiger partial charge in [-0.3, -0.25) is 5.43 Å². The molecule has 0 radical (unpaired) electrons. The SMILES string of the molecule is CNC(=S)N/N=C/C(Cl)=C/c1ccccc1. The van der Waals surface area contributed by atoms with Crippen molar-refractivity contribution in [2.75, 3.05) is 7.05 Å². The van der Waals surface area contributed by atoms with Crippen LogP contribution < -0.4 is 10.7 Å². The fourth-order valence-corrected chi connectivity index (χ4v) is 1.18. The molecule has 0 heterocycles. The summed E-state index contributed by atoms with van der Waals surface area (Å²) in [5.41, 5.74) is 3.64. The number of allylic oxidation sites excluding steroid dienone is 1. The molecule has 0 fully saturated rings. The zero-order valence-corrected chi connectivity index (χ0v) is 10.3. The van der Waals surface area contributed by atoms with Crippen molar-refractivity contribution in [2.45, 2.75) is 0 Å². The van der Waals surface area contributed by atoms with Gasteiger partial charge in [0.05, 0.1) is 11.2 Å². The van der Waals surface area contributed by atoms with Crippen LogP contribution >= 0.6 is 23.8 Å². The molecule has 0 amide bonds. The largest absolute Gasteiger partial charge is 0.364 e. The normalized spacial score (nSPS) is 11.5. The average molecular weight is 254 g/mol. The first-order valence-electron chi connectivity index (χ1n) is 4.65. The molecule has 0 saturated heterocycles. The molecule has 0 aliphatic carbocycles. The smallest absolute Gasteiger partial charge is 0.186 e. The Hall–Kier alpha value is -1.39. The van der Waals surface area contributed by atoms with Crippen LogP contribution in [0.2, 0.25) is 0 Å². The Balaban J connectivity index is 2.55. The number of hydrazone groups is 1. The minimum atomic E-state index is 0.445. The summed E-state index contributed by atoms with van der Waals surface area (Å²) in [6, 6.07) is 9.76. The zero-order chi connectivity index (χ0) is 11.8. The molecule has 3 nitrogen and oxygen atoms in total. The molecule has 0 unspecified atom stereocenters. The number of nitrogens with zero attached hydrogens (tertiary/aromatic N) is 1. The second-order valence-electron chi connectivity index (χ2n) is 2.89. The van der Waals surface area contributed by atoms with Gasteiger partial charge in [0.15, 0.2) is 5.11 Å². The highest BCUT2D eigenvalue weighted by Gasteiger charge is 1.90. The van der Waals surface area contributed by atoms with Crippen LogP contribution in [0.4, 0.5) is 0 Å². The third-order valence-corrected chi connectivity index (χ3v) is 2.19. The number of hydrogen-bond acceptors (Lipinski definition) is 2. The number of benzene rings is 1. The van der Waals surface area contributed by atoms with Gasteiger partial charge in [-0.2, -0.15) is 5.10 Å². The molecule has 0 atom stereocenters. The molecule has 1 aromatic rings. The summed E-state index contributed by atoms with van der Waals surface area (Å²) in [5, 5.41) is 7.56. The Morgan fingerprint density at radius 3 is 2.69 bits per heavy atom. The lowest BCUT2D eigenvalue weighted by molar-refractivity contribution is 0.983. The second-order valence-corrected chi connectivity index (χ2v) is 3.73. The third kappa shape index (κ3) is 4.91. The Bertz CT molecular complexity index is 401. The summed E-state index contributed by atoms with van der Waals surface area (Å²) in [4.78, 5) is 0. The van der Waals surface area contributed by atoms with E-state index in [1.807, 2.05) is 36.4 Å². The Morgan fingerprint density at radius 1 is 1.38 bits per heavy atom. The van der Waals surface area contributed by atoms with E-state index < -0.39 is 0 Å². The molecule has 1 rings (SSSR count). The van der Waals surface area contributed by atoms with Crippen molar-refractivity contribution >= 4 is 41.2 Å². The highest BCUT2D eigenvalue weighted by atomic mass is 35.5. The van der Waals surface area contributed by atoms with Crippen LogP contribution in [0.5, 0.6) is 0 Å². The lowest BCUT2D eigenvalue weighted by Gasteiger charge is -1.98. The van der Waals surface area contributed by atoms with Gasteiger partial charge in [0.2, 0.25) is 0 Å². The first kappa shape index (κ1) is 12.7. The van der Waals surface area contributed by atoms with E-state index >= 15 is 0 Å². The fourth-order valence-electron chi connectivity index (χ4n) is 0.954. The van der Waals surface area contributed by atoms with Crippen LogP contribution in [0.15, 0.2) is 40.5 Å². The number of hydrogen-bond donors (Lipinski definition) is 2. The highest BCUT2D eigenvalue weighted by Crippen LogP contribution is 2.07. The summed E-state index contributed by atoms with van der Waals surface area (Å²) >= 11 is 10.8. The molecule has 5 heteroatoms. The number of nitrogens with one attached hydrogen (secondary N) is 2. The minimum Gasteiger partial charge on any atom is -0.364 e. The van der Waals surface area contributed by atoms with Crippen molar-refractivity contribution in [1.82, 2.24) is 10.7 Å². The molecule has 0 saturated carbocycles. The predicted octanol–water partition coefficient (Wildman–Crippen LogP) is 2.35. The lowest BCUT2D eigenvalue weighted by atomic mass is 10.2. The summed E-state index contributed by atoms with van der Waals surface area (Å²) in [5.74, 6) is 0. The summed E-state index contributed by atoms with van der Waals surface area (Å²) in [6.45, 7) is 0. The van der Waals surface area contributed by atoms with Gasteiger partial charge < -0.3 is 5.32 Å². The van der Waals surface area contributed by atoms with E-state index in [4.69, 9.17) is 23.8 Å². The minimum absolute atomic E-state index is 0.445. The molecule has 0 aromatic heterocycles. The fraction of sp³-hybridized carbons (Fsp3) is 0.0909. The van der Waals surface area contributed by atoms with E-state index in [1.54, 1.807) is 7.05 Å². The standard InChI is InChI=1S/C11H12ClN3S/c1-13-11(16)15-14-8-10(12)7-9-5-3-2-4-6-9/h2-8H,1H3,(H2,13,15,16)/b10-7-,14-8+. The topological polar surface area (TPSA) is 36.4 Å². The lowest BCUT2D eigenvalue weighted by Crippen LogP contribution is -2.28. The first-order valence-corrected chi connectivity index (χ1v) is 5.44. The van der Waals surface area contributed by atoms with E-state index in [-0.39, 0.29) is 0 Å². The third-order valence-electron chi connectivity index (χ3n) is 1.69. The second kappa shape index (κ2) is 6.98. The van der Waals surface area contributed by atoms with E-state index in [1.165, 1.54) is 6.21 Å². The quantitative estimate of drug-likeness (QED) is 0.493. The van der Waals surface area contributed by atoms with Gasteiger partial charge >= 0.3 is 0 Å². The van der Waals surface area contributed by atoms with Crippen LogP contribution in [0.25, 0.3) is 6.08 Å². The van der Waals surface area contributed by atoms with E-state index in [0.29, 0.717) is 10.1 Å². The highest BCUT2D eigenvalue weighted by molar-refractivity contribution is 7.80. The molecular weight excluding hydrogens is 242 g/mol. The molecular formula is C11H12ClN3S. The van der Waals surface area contributed by atoms with Gasteiger partial charge in [0.1, 0.15) is 0 Å². The molecule has 1 aromatic carbocycles. The average Bonchev–Trinajstić information content (AvgIpc) is 2.30. The van der Waals surface area contributed by atoms with Gasteiger partial charge in [-0.15, -0.1) is 0 Å². The van der Waals surface area contributed by atoms with E-state index in [0.717, 1.165) is 5.56 Å². The van der Waals surface area contributed by atoms with Gasteiger partial charge in [0, 0.05) is 7.05 Å². The Morgan fingerprint density at radius 2 is 2.06 bits per heavy atom. The summed E-state index contributed by atoms with van der Waals surface area (Å²) in [6.07, 6.45) is 3.31. The summed E-state index contributed by atoms with van der Waals surface area (Å²) < 4.78 is 0. The number of thiocarbonyl (C=S) groups is 1. The van der Waals surface area contributed by atoms with Gasteiger partial charge in [-0.25, -0.2) is 0 Å². The van der Waals surface area contributed by atoms with Crippen molar-refractivity contribution < 1.29 is 0 Å². The van der Waals surface area contributed by atoms with E-state index in [9.17, 15) is 0 Å². The van der Waals surface area contributed by atoms with E-state index in [2.05, 4.69) is 15.8 Å². The van der Waals surface area contributed by atoms with Gasteiger partial charge in [0.25, 0.3) is 0 Å². The molecule has 0 aliphatic rings. The predicted molar refractivity (Wildman–Crippen MR) is 73.6 cm³/mol. The first-order chi connectivity index (χ1) is 7.72. The maximum atomic E-state index is 5.95. The van der Waals surface area contributed by atoms with Crippen molar-refractivity contribution in [3.63, 3.8) is 0 Å². The molecule has 84 valence electrons. The van der Waals surface area contributed by atoms with Crippen LogP contribution in [0.1, 0.15) is 5.56 Å². The maximum absolute atomic E-state index is 5.95. The molecule has 0 spiro atoms. The van der Waals surface area contributed by atoms with Crippen molar-refractivity contribution in [2.24, 2.45) is 5.10 Å². The van der Waals surface area contributed by atoms with Gasteiger partial charge in [-0.05, 0) is 23.9 Å². The van der Waals surface area contributed by atoms with Gasteiger partial charge in [-0.1, -0.05) is 41.9 Å². The summed E-state index contributed by atoms with van der Waals surface area (Å²) in [7, 11) is 1.71. The monoisotopic (exact) mass is 253 g/mol. The van der Waals surface area contributed by atoms with Crippen LogP contribution in [-0.2, 0) is 0 Å². The maximum Gasteiger partial charge on any atom is 0.186 e. The Labute approximate surface area is 105 Å². The molecule has 0 bridgehead atoms. The van der Waals surface area contributed by atoms with Crippen LogP contribution in [0, 0.1) is 0 Å². The Kier molecular flexibility index (Phi) is 5.53. The molecule has 2 N–H and O–H groups in total. The number of halogens is 1. The zero-order valence-electron chi connectivity index (χ0n) is 8.77. The van der Waals surface area contributed by atoms with Crippen molar-refractivity contribution in [1.29, 1.82) is 0 Å². The van der Waals surface area contributed by atoms with Crippen molar-refractivity contribution in [3.05, 3.63) is 40.9 Å². The van der Waals surface area contributed by atoms with Crippen molar-refractivity contribution in [3.8, 4) is 0 Å². The van der Waals surface area contributed by atoms with Crippen LogP contribution in [0.3, 0.4) is 0 Å². The molecule has 16 heavy (non-hydrogen) atoms. The number of rotatable bonds is 3. The van der Waals surface area contributed by atoms with Crippen LogP contribution in [-0.4, -0.2) is 18.4 Å².